The van der Waals surface area contributed by atoms with E-state index in [2.05, 4.69) is 6.92 Å². The number of nitrogens with two attached hydrogens (primary N) is 1. The molecule has 0 amide bonds. The average Bonchev–Trinajstić information content (AvgIpc) is 2.38. The molecule has 0 saturated carbocycles. The maximum absolute atomic E-state index is 13.9. The molecule has 2 N–H and O–H groups in total. The summed E-state index contributed by atoms with van der Waals surface area (Å²) >= 11 is 0. The minimum absolute atomic E-state index is 0.225. The highest BCUT2D eigenvalue weighted by atomic mass is 19.4. The molecule has 6 heteroatoms. The first kappa shape index (κ1) is 15.1. The minimum Gasteiger partial charge on any atom is -0.369 e. The van der Waals surface area contributed by atoms with Gasteiger partial charge >= 0.3 is 6.18 Å². The molecule has 2 unspecified atom stereocenters. The van der Waals surface area contributed by atoms with E-state index in [4.69, 9.17) is 5.73 Å². The Kier molecular flexibility index (Phi) is 4.22. The maximum Gasteiger partial charge on any atom is 0.416 e. The summed E-state index contributed by atoms with van der Waals surface area (Å²) in [5, 5.41) is 0. The standard InChI is InChI=1S/C14H18F4N2/c1-9-4-5-20(8-10(9)7-19)13-3-2-11(6-12(13)15)14(16,17)18/h2-3,6,9-10H,4-5,7-8,19H2,1H3. The highest BCUT2D eigenvalue weighted by Gasteiger charge is 2.32. The molecule has 1 aliphatic rings. The summed E-state index contributed by atoms with van der Waals surface area (Å²) in [5.41, 5.74) is 4.95. The summed E-state index contributed by atoms with van der Waals surface area (Å²) in [6.45, 7) is 3.82. The lowest BCUT2D eigenvalue weighted by Gasteiger charge is -2.38. The highest BCUT2D eigenvalue weighted by molar-refractivity contribution is 5.50. The zero-order valence-electron chi connectivity index (χ0n) is 11.3. The zero-order valence-corrected chi connectivity index (χ0v) is 11.3. The van der Waals surface area contributed by atoms with Gasteiger partial charge in [0.25, 0.3) is 0 Å². The Bertz CT molecular complexity index is 473. The number of piperidine rings is 1. The molecule has 1 saturated heterocycles. The molecule has 2 nitrogen and oxygen atoms in total. The van der Waals surface area contributed by atoms with Crippen LogP contribution >= 0.6 is 0 Å². The SMILES string of the molecule is CC1CCN(c2ccc(C(F)(F)F)cc2F)CC1CN. The third-order valence-corrected chi connectivity index (χ3v) is 4.03. The van der Waals surface area contributed by atoms with Gasteiger partial charge in [0.2, 0.25) is 0 Å². The summed E-state index contributed by atoms with van der Waals surface area (Å²) in [6.07, 6.45) is -3.65. The van der Waals surface area contributed by atoms with E-state index >= 15 is 0 Å². The van der Waals surface area contributed by atoms with Gasteiger partial charge in [0.15, 0.2) is 0 Å². The molecule has 0 spiro atoms. The number of alkyl halides is 3. The Morgan fingerprint density at radius 1 is 1.35 bits per heavy atom. The molecule has 2 rings (SSSR count). The molecule has 1 aromatic rings. The first-order chi connectivity index (χ1) is 9.32. The van der Waals surface area contributed by atoms with Crippen molar-refractivity contribution in [2.75, 3.05) is 24.5 Å². The predicted molar refractivity (Wildman–Crippen MR) is 69.9 cm³/mol. The van der Waals surface area contributed by atoms with Crippen molar-refractivity contribution in [3.8, 4) is 0 Å². The van der Waals surface area contributed by atoms with Crippen LogP contribution in [0.5, 0.6) is 0 Å². The van der Waals surface area contributed by atoms with Crippen LogP contribution in [0.3, 0.4) is 0 Å². The Hall–Kier alpha value is -1.30. The molecule has 0 aromatic heterocycles. The Morgan fingerprint density at radius 2 is 2.05 bits per heavy atom. The fourth-order valence-electron chi connectivity index (χ4n) is 2.61. The molecular weight excluding hydrogens is 272 g/mol. The zero-order chi connectivity index (χ0) is 14.9. The molecule has 112 valence electrons. The fraction of sp³-hybridized carbons (Fsp3) is 0.571. The van der Waals surface area contributed by atoms with Crippen molar-refractivity contribution in [2.24, 2.45) is 17.6 Å². The summed E-state index contributed by atoms with van der Waals surface area (Å²) in [4.78, 5) is 1.78. The van der Waals surface area contributed by atoms with E-state index in [1.165, 1.54) is 6.07 Å². The lowest BCUT2D eigenvalue weighted by atomic mass is 9.87. The van der Waals surface area contributed by atoms with Gasteiger partial charge in [-0.1, -0.05) is 6.92 Å². The number of halogens is 4. The number of hydrogen-bond donors (Lipinski definition) is 1. The molecule has 20 heavy (non-hydrogen) atoms. The third-order valence-electron chi connectivity index (χ3n) is 4.03. The first-order valence-corrected chi connectivity index (χ1v) is 6.64. The van der Waals surface area contributed by atoms with Gasteiger partial charge < -0.3 is 10.6 Å². The second-order valence-electron chi connectivity index (χ2n) is 5.37. The number of benzene rings is 1. The van der Waals surface area contributed by atoms with E-state index in [1.807, 2.05) is 0 Å². The summed E-state index contributed by atoms with van der Waals surface area (Å²) in [5.74, 6) is -0.135. The normalized spacial score (nSPS) is 24.0. The Balaban J connectivity index is 2.21. The van der Waals surface area contributed by atoms with Crippen LogP contribution in [0.15, 0.2) is 18.2 Å². The van der Waals surface area contributed by atoms with Gasteiger partial charge in [-0.05, 0) is 43.0 Å². The summed E-state index contributed by atoms with van der Waals surface area (Å²) in [6, 6.07) is 2.69. The lowest BCUT2D eigenvalue weighted by Crippen LogP contribution is -2.43. The van der Waals surface area contributed by atoms with Crippen molar-refractivity contribution < 1.29 is 17.6 Å². The van der Waals surface area contributed by atoms with E-state index in [1.54, 1.807) is 4.90 Å². The van der Waals surface area contributed by atoms with Gasteiger partial charge in [0, 0.05) is 13.1 Å². The number of nitrogens with zero attached hydrogens (tertiary/aromatic N) is 1. The van der Waals surface area contributed by atoms with E-state index < -0.39 is 17.6 Å². The number of hydrogen-bond acceptors (Lipinski definition) is 2. The van der Waals surface area contributed by atoms with E-state index in [-0.39, 0.29) is 11.6 Å². The quantitative estimate of drug-likeness (QED) is 0.847. The van der Waals surface area contributed by atoms with Gasteiger partial charge in [-0.25, -0.2) is 4.39 Å². The van der Waals surface area contributed by atoms with E-state index in [9.17, 15) is 17.6 Å². The Morgan fingerprint density at radius 3 is 2.60 bits per heavy atom. The molecular formula is C14H18F4N2. The largest absolute Gasteiger partial charge is 0.416 e. The van der Waals surface area contributed by atoms with Crippen LogP contribution in [0.4, 0.5) is 23.2 Å². The van der Waals surface area contributed by atoms with Gasteiger partial charge in [-0.3, -0.25) is 0 Å². The minimum atomic E-state index is -4.52. The predicted octanol–water partition coefficient (Wildman–Crippen LogP) is 3.27. The van der Waals surface area contributed by atoms with Gasteiger partial charge in [0.1, 0.15) is 5.82 Å². The molecule has 2 atom stereocenters. The van der Waals surface area contributed by atoms with E-state index in [0.29, 0.717) is 31.6 Å². The molecule has 0 bridgehead atoms. The van der Waals surface area contributed by atoms with Crippen LogP contribution in [0.25, 0.3) is 0 Å². The van der Waals surface area contributed by atoms with Crippen molar-refractivity contribution in [1.82, 2.24) is 0 Å². The van der Waals surface area contributed by atoms with Crippen molar-refractivity contribution in [2.45, 2.75) is 19.5 Å². The smallest absolute Gasteiger partial charge is 0.369 e. The molecule has 1 aliphatic heterocycles. The second-order valence-corrected chi connectivity index (χ2v) is 5.37. The van der Waals surface area contributed by atoms with Crippen LogP contribution in [0, 0.1) is 17.7 Å². The average molecular weight is 290 g/mol. The van der Waals surface area contributed by atoms with Crippen LogP contribution in [0.1, 0.15) is 18.9 Å². The molecule has 1 heterocycles. The fourth-order valence-corrected chi connectivity index (χ4v) is 2.61. The number of anilines is 1. The van der Waals surface area contributed by atoms with Crippen molar-refractivity contribution in [3.63, 3.8) is 0 Å². The molecule has 0 radical (unpaired) electrons. The van der Waals surface area contributed by atoms with Crippen LogP contribution < -0.4 is 10.6 Å². The summed E-state index contributed by atoms with van der Waals surface area (Å²) < 4.78 is 51.5. The van der Waals surface area contributed by atoms with Gasteiger partial charge in [-0.2, -0.15) is 13.2 Å². The number of rotatable bonds is 2. The van der Waals surface area contributed by atoms with Crippen LogP contribution in [-0.2, 0) is 6.18 Å². The van der Waals surface area contributed by atoms with Crippen molar-refractivity contribution in [3.05, 3.63) is 29.6 Å². The topological polar surface area (TPSA) is 29.3 Å². The first-order valence-electron chi connectivity index (χ1n) is 6.64. The van der Waals surface area contributed by atoms with Crippen LogP contribution in [0.2, 0.25) is 0 Å². The maximum atomic E-state index is 13.9. The lowest BCUT2D eigenvalue weighted by molar-refractivity contribution is -0.137. The monoisotopic (exact) mass is 290 g/mol. The van der Waals surface area contributed by atoms with Crippen LogP contribution in [-0.4, -0.2) is 19.6 Å². The van der Waals surface area contributed by atoms with Gasteiger partial charge in [-0.15, -0.1) is 0 Å². The summed E-state index contributed by atoms with van der Waals surface area (Å²) in [7, 11) is 0. The molecule has 1 aromatic carbocycles. The van der Waals surface area contributed by atoms with Gasteiger partial charge in [0.05, 0.1) is 11.3 Å². The van der Waals surface area contributed by atoms with Crippen molar-refractivity contribution >= 4 is 5.69 Å². The third kappa shape index (κ3) is 3.06. The highest BCUT2D eigenvalue weighted by Crippen LogP contribution is 2.34. The van der Waals surface area contributed by atoms with E-state index in [0.717, 1.165) is 12.5 Å². The Labute approximate surface area is 115 Å². The molecule has 1 fully saturated rings. The second kappa shape index (κ2) is 5.60. The molecule has 0 aliphatic carbocycles. The van der Waals surface area contributed by atoms with Crippen molar-refractivity contribution in [1.29, 1.82) is 0 Å².